The van der Waals surface area contributed by atoms with E-state index in [0.29, 0.717) is 0 Å². The molecule has 0 N–H and O–H groups in total. The van der Waals surface area contributed by atoms with Gasteiger partial charge in [0.05, 0.1) is 0 Å². The van der Waals surface area contributed by atoms with Gasteiger partial charge in [0.15, 0.2) is 0 Å². The molecule has 0 saturated heterocycles. The average molecular weight is 293 g/mol. The first-order valence-electron chi connectivity index (χ1n) is 10.3. The standard InChI is InChI=1S/C21H40/c1-3-5-6-10-19-12-8-14-21(16-19)17-20-13-7-11-18(15-20)9-4-2/h18-21H,3-17H2,1-2H3. The quantitative estimate of drug-likeness (QED) is 0.410. The number of hydrogen-bond donors (Lipinski definition) is 0. The van der Waals surface area contributed by atoms with E-state index >= 15 is 0 Å². The van der Waals surface area contributed by atoms with Gasteiger partial charge in [-0.3, -0.25) is 0 Å². The van der Waals surface area contributed by atoms with E-state index in [1.54, 1.807) is 38.5 Å². The van der Waals surface area contributed by atoms with Gasteiger partial charge in [0.25, 0.3) is 0 Å². The van der Waals surface area contributed by atoms with E-state index in [1.807, 2.05) is 0 Å². The maximum Gasteiger partial charge on any atom is -0.0409 e. The van der Waals surface area contributed by atoms with Crippen LogP contribution >= 0.6 is 0 Å². The molecule has 0 aromatic carbocycles. The van der Waals surface area contributed by atoms with E-state index in [1.165, 1.54) is 57.8 Å². The summed E-state index contributed by atoms with van der Waals surface area (Å²) in [6, 6.07) is 0. The van der Waals surface area contributed by atoms with Crippen molar-refractivity contribution in [2.24, 2.45) is 23.7 Å². The summed E-state index contributed by atoms with van der Waals surface area (Å²) in [6.07, 6.45) is 22.8. The molecule has 2 fully saturated rings. The summed E-state index contributed by atoms with van der Waals surface area (Å²) < 4.78 is 0. The molecule has 4 unspecified atom stereocenters. The Morgan fingerprint density at radius 1 is 0.619 bits per heavy atom. The van der Waals surface area contributed by atoms with Crippen LogP contribution in [0.1, 0.15) is 110 Å². The lowest BCUT2D eigenvalue weighted by molar-refractivity contribution is 0.171. The van der Waals surface area contributed by atoms with Crippen LogP contribution in [-0.4, -0.2) is 0 Å². The van der Waals surface area contributed by atoms with Gasteiger partial charge < -0.3 is 0 Å². The van der Waals surface area contributed by atoms with Crippen LogP contribution in [0.2, 0.25) is 0 Å². The molecule has 4 atom stereocenters. The molecule has 0 heterocycles. The molecule has 0 aliphatic heterocycles. The lowest BCUT2D eigenvalue weighted by Crippen LogP contribution is -2.22. The fourth-order valence-corrected chi connectivity index (χ4v) is 5.32. The molecule has 0 spiro atoms. The van der Waals surface area contributed by atoms with Crippen molar-refractivity contribution in [2.75, 3.05) is 0 Å². The lowest BCUT2D eigenvalue weighted by Gasteiger charge is -2.35. The van der Waals surface area contributed by atoms with Crippen LogP contribution in [-0.2, 0) is 0 Å². The Balaban J connectivity index is 1.69. The molecule has 0 amide bonds. The topological polar surface area (TPSA) is 0 Å². The van der Waals surface area contributed by atoms with Crippen molar-refractivity contribution < 1.29 is 0 Å². The Hall–Kier alpha value is 0. The number of hydrogen-bond acceptors (Lipinski definition) is 0. The van der Waals surface area contributed by atoms with E-state index in [0.717, 1.165) is 23.7 Å². The monoisotopic (exact) mass is 292 g/mol. The molecule has 2 rings (SSSR count). The third-order valence-corrected chi connectivity index (χ3v) is 6.36. The summed E-state index contributed by atoms with van der Waals surface area (Å²) in [6.45, 7) is 4.70. The van der Waals surface area contributed by atoms with Gasteiger partial charge in [-0.25, -0.2) is 0 Å². The molecule has 2 saturated carbocycles. The minimum absolute atomic E-state index is 1.08. The fraction of sp³-hybridized carbons (Fsp3) is 1.00. The van der Waals surface area contributed by atoms with Crippen molar-refractivity contribution >= 4 is 0 Å². The zero-order valence-corrected chi connectivity index (χ0v) is 14.9. The second-order valence-electron chi connectivity index (χ2n) is 8.32. The summed E-state index contributed by atoms with van der Waals surface area (Å²) in [7, 11) is 0. The van der Waals surface area contributed by atoms with Gasteiger partial charge in [-0.1, -0.05) is 90.9 Å². The van der Waals surface area contributed by atoms with E-state index in [-0.39, 0.29) is 0 Å². The maximum atomic E-state index is 2.37. The van der Waals surface area contributed by atoms with E-state index in [9.17, 15) is 0 Å². The van der Waals surface area contributed by atoms with E-state index < -0.39 is 0 Å². The zero-order chi connectivity index (χ0) is 14.9. The highest BCUT2D eigenvalue weighted by molar-refractivity contribution is 4.79. The lowest BCUT2D eigenvalue weighted by atomic mass is 9.71. The van der Waals surface area contributed by atoms with E-state index in [2.05, 4.69) is 13.8 Å². The zero-order valence-electron chi connectivity index (χ0n) is 14.9. The molecule has 2 aliphatic carbocycles. The molecule has 0 aromatic rings. The second-order valence-corrected chi connectivity index (χ2v) is 8.32. The normalized spacial score (nSPS) is 34.0. The van der Waals surface area contributed by atoms with Crippen LogP contribution < -0.4 is 0 Å². The van der Waals surface area contributed by atoms with Crippen LogP contribution in [0.3, 0.4) is 0 Å². The molecule has 124 valence electrons. The Kier molecular flexibility index (Phi) is 8.19. The molecule has 0 heteroatoms. The van der Waals surface area contributed by atoms with Crippen molar-refractivity contribution in [3.8, 4) is 0 Å². The Bertz CT molecular complexity index is 255. The van der Waals surface area contributed by atoms with Crippen molar-refractivity contribution in [1.82, 2.24) is 0 Å². The first kappa shape index (κ1) is 17.4. The summed E-state index contributed by atoms with van der Waals surface area (Å²) in [5.74, 6) is 4.36. The van der Waals surface area contributed by atoms with Crippen molar-refractivity contribution in [3.63, 3.8) is 0 Å². The van der Waals surface area contributed by atoms with Gasteiger partial charge >= 0.3 is 0 Å². The first-order valence-corrected chi connectivity index (χ1v) is 10.3. The van der Waals surface area contributed by atoms with Gasteiger partial charge in [-0.2, -0.15) is 0 Å². The molecule has 21 heavy (non-hydrogen) atoms. The molecule has 2 aliphatic rings. The van der Waals surface area contributed by atoms with Gasteiger partial charge in [0.2, 0.25) is 0 Å². The van der Waals surface area contributed by atoms with Gasteiger partial charge in [0, 0.05) is 0 Å². The highest BCUT2D eigenvalue weighted by atomic mass is 14.3. The highest BCUT2D eigenvalue weighted by Crippen LogP contribution is 2.40. The molecule has 0 nitrogen and oxygen atoms in total. The first-order chi connectivity index (χ1) is 10.3. The van der Waals surface area contributed by atoms with Crippen molar-refractivity contribution in [2.45, 2.75) is 110 Å². The van der Waals surface area contributed by atoms with Gasteiger partial charge in [-0.15, -0.1) is 0 Å². The predicted octanol–water partition coefficient (Wildman–Crippen LogP) is 7.37. The van der Waals surface area contributed by atoms with Crippen LogP contribution in [0, 0.1) is 23.7 Å². The molecule has 0 aromatic heterocycles. The third kappa shape index (κ3) is 6.33. The van der Waals surface area contributed by atoms with Gasteiger partial charge in [-0.05, 0) is 42.9 Å². The predicted molar refractivity (Wildman–Crippen MR) is 94.6 cm³/mol. The average Bonchev–Trinajstić information content (AvgIpc) is 2.49. The summed E-state index contributed by atoms with van der Waals surface area (Å²) in [4.78, 5) is 0. The second kappa shape index (κ2) is 9.90. The Morgan fingerprint density at radius 2 is 1.19 bits per heavy atom. The SMILES string of the molecule is CCCCCC1CCCC(CC2CCCC(CCC)C2)C1. The maximum absolute atomic E-state index is 2.37. The third-order valence-electron chi connectivity index (χ3n) is 6.36. The highest BCUT2D eigenvalue weighted by Gasteiger charge is 2.27. The number of unbranched alkanes of at least 4 members (excludes halogenated alkanes) is 2. The molecule has 0 bridgehead atoms. The smallest absolute Gasteiger partial charge is 0.0409 e. The Labute approximate surface area is 134 Å². The Morgan fingerprint density at radius 3 is 1.76 bits per heavy atom. The summed E-state index contributed by atoms with van der Waals surface area (Å²) >= 11 is 0. The molecular weight excluding hydrogens is 252 g/mol. The largest absolute Gasteiger partial charge is 0.0654 e. The van der Waals surface area contributed by atoms with E-state index in [4.69, 9.17) is 0 Å². The van der Waals surface area contributed by atoms with Crippen LogP contribution in [0.5, 0.6) is 0 Å². The van der Waals surface area contributed by atoms with Gasteiger partial charge in [0.1, 0.15) is 0 Å². The molecule has 0 radical (unpaired) electrons. The van der Waals surface area contributed by atoms with Crippen LogP contribution in [0.15, 0.2) is 0 Å². The summed E-state index contributed by atoms with van der Waals surface area (Å²) in [5.41, 5.74) is 0. The minimum atomic E-state index is 1.08. The number of rotatable bonds is 8. The molecular formula is C21H40. The van der Waals surface area contributed by atoms with Crippen LogP contribution in [0.25, 0.3) is 0 Å². The minimum Gasteiger partial charge on any atom is -0.0654 e. The van der Waals surface area contributed by atoms with Crippen LogP contribution in [0.4, 0.5) is 0 Å². The summed E-state index contributed by atoms with van der Waals surface area (Å²) in [5, 5.41) is 0. The fourth-order valence-electron chi connectivity index (χ4n) is 5.32. The van der Waals surface area contributed by atoms with Crippen molar-refractivity contribution in [1.29, 1.82) is 0 Å². The van der Waals surface area contributed by atoms with Crippen molar-refractivity contribution in [3.05, 3.63) is 0 Å².